The fourth-order valence-corrected chi connectivity index (χ4v) is 3.64. The maximum Gasteiger partial charge on any atom is 0.417 e. The Kier molecular flexibility index (Phi) is 4.63. The molecule has 0 spiro atoms. The fourth-order valence-electron chi connectivity index (χ4n) is 3.12. The summed E-state index contributed by atoms with van der Waals surface area (Å²) in [5.41, 5.74) is 1.27. The third-order valence-electron chi connectivity index (χ3n) is 4.55. The summed E-state index contributed by atoms with van der Waals surface area (Å²) in [6.45, 7) is 0. The van der Waals surface area contributed by atoms with Crippen LogP contribution in [0.1, 0.15) is 5.56 Å². The molecule has 0 aliphatic heterocycles. The molecule has 2 aromatic heterocycles. The molecule has 0 unspecified atom stereocenters. The second kappa shape index (κ2) is 6.92. The van der Waals surface area contributed by atoms with E-state index in [0.29, 0.717) is 27.9 Å². The predicted octanol–water partition coefficient (Wildman–Crippen LogP) is 4.47. The van der Waals surface area contributed by atoms with Gasteiger partial charge < -0.3 is 0 Å². The molecule has 0 aliphatic rings. The molecule has 2 heterocycles. The SMILES string of the molecule is NS(=O)(=O)c1ccc(-c2c(-c3ccc(F)cc3)nn3cc(C(F)(F)F)ccc23)cc1. The lowest BCUT2D eigenvalue weighted by molar-refractivity contribution is -0.137. The Balaban J connectivity index is 1.98. The van der Waals surface area contributed by atoms with E-state index in [1.807, 2.05) is 0 Å². The Morgan fingerprint density at radius 2 is 1.47 bits per heavy atom. The first kappa shape index (κ1) is 20.0. The normalized spacial score (nSPS) is 12.4. The van der Waals surface area contributed by atoms with Crippen LogP contribution < -0.4 is 5.14 Å². The van der Waals surface area contributed by atoms with Crippen molar-refractivity contribution in [2.45, 2.75) is 11.1 Å². The number of benzene rings is 2. The first-order chi connectivity index (χ1) is 14.0. The van der Waals surface area contributed by atoms with Crippen LogP contribution in [0.4, 0.5) is 17.6 Å². The van der Waals surface area contributed by atoms with Gasteiger partial charge in [-0.25, -0.2) is 22.5 Å². The van der Waals surface area contributed by atoms with Crippen LogP contribution in [0.5, 0.6) is 0 Å². The molecular formula is C20H13F4N3O2S. The largest absolute Gasteiger partial charge is 0.417 e. The summed E-state index contributed by atoms with van der Waals surface area (Å²) in [5.74, 6) is -0.471. The van der Waals surface area contributed by atoms with Gasteiger partial charge in [-0.05, 0) is 54.1 Å². The van der Waals surface area contributed by atoms with Crippen LogP contribution in [0, 0.1) is 5.82 Å². The molecule has 4 aromatic rings. The Morgan fingerprint density at radius 3 is 2.03 bits per heavy atom. The van der Waals surface area contributed by atoms with E-state index in [-0.39, 0.29) is 4.90 Å². The minimum absolute atomic E-state index is 0.106. The van der Waals surface area contributed by atoms with Crippen LogP contribution >= 0.6 is 0 Å². The van der Waals surface area contributed by atoms with Crippen LogP contribution in [-0.4, -0.2) is 18.0 Å². The Hall–Kier alpha value is -3.24. The van der Waals surface area contributed by atoms with E-state index in [2.05, 4.69) is 5.10 Å². The number of alkyl halides is 3. The second-order valence-electron chi connectivity index (χ2n) is 6.55. The Labute approximate surface area is 168 Å². The van der Waals surface area contributed by atoms with Gasteiger partial charge in [-0.2, -0.15) is 18.3 Å². The van der Waals surface area contributed by atoms with Gasteiger partial charge in [0.2, 0.25) is 10.0 Å². The maximum absolute atomic E-state index is 13.4. The van der Waals surface area contributed by atoms with E-state index in [1.165, 1.54) is 54.6 Å². The third kappa shape index (κ3) is 3.66. The smallest absolute Gasteiger partial charge is 0.239 e. The van der Waals surface area contributed by atoms with Gasteiger partial charge in [0.25, 0.3) is 0 Å². The van der Waals surface area contributed by atoms with E-state index in [9.17, 15) is 26.0 Å². The topological polar surface area (TPSA) is 77.5 Å². The molecule has 0 aliphatic carbocycles. The molecule has 0 fully saturated rings. The number of fused-ring (bicyclic) bond motifs is 1. The first-order valence-electron chi connectivity index (χ1n) is 8.53. The number of pyridine rings is 1. The van der Waals surface area contributed by atoms with Crippen LogP contribution in [0.25, 0.3) is 27.9 Å². The van der Waals surface area contributed by atoms with Crippen molar-refractivity contribution in [3.05, 3.63) is 78.2 Å². The van der Waals surface area contributed by atoms with Gasteiger partial charge in [0.15, 0.2) is 0 Å². The average Bonchev–Trinajstić information content (AvgIpc) is 3.06. The van der Waals surface area contributed by atoms with Crippen molar-refractivity contribution in [2.24, 2.45) is 5.14 Å². The highest BCUT2D eigenvalue weighted by atomic mass is 32.2. The summed E-state index contributed by atoms with van der Waals surface area (Å²) < 4.78 is 76.8. The maximum atomic E-state index is 13.4. The lowest BCUT2D eigenvalue weighted by atomic mass is 9.99. The fraction of sp³-hybridized carbons (Fsp3) is 0.0500. The summed E-state index contributed by atoms with van der Waals surface area (Å²) in [6, 6.07) is 13.2. The lowest BCUT2D eigenvalue weighted by Crippen LogP contribution is -2.11. The summed E-state index contributed by atoms with van der Waals surface area (Å²) in [7, 11) is -3.91. The second-order valence-corrected chi connectivity index (χ2v) is 8.11. The molecule has 2 N–H and O–H groups in total. The molecule has 154 valence electrons. The van der Waals surface area contributed by atoms with Crippen molar-refractivity contribution in [1.82, 2.24) is 9.61 Å². The Bertz CT molecular complexity index is 1340. The monoisotopic (exact) mass is 435 g/mol. The van der Waals surface area contributed by atoms with Gasteiger partial charge in [0.05, 0.1) is 16.0 Å². The molecule has 0 amide bonds. The minimum Gasteiger partial charge on any atom is -0.239 e. The average molecular weight is 435 g/mol. The molecule has 0 radical (unpaired) electrons. The molecule has 4 rings (SSSR count). The van der Waals surface area contributed by atoms with Crippen LogP contribution in [0.15, 0.2) is 71.8 Å². The van der Waals surface area contributed by atoms with Gasteiger partial charge in [0.1, 0.15) is 11.5 Å². The van der Waals surface area contributed by atoms with Crippen molar-refractivity contribution in [3.63, 3.8) is 0 Å². The van der Waals surface area contributed by atoms with E-state index >= 15 is 0 Å². The molecule has 0 bridgehead atoms. The molecule has 2 aromatic carbocycles. The van der Waals surface area contributed by atoms with Gasteiger partial charge in [-0.15, -0.1) is 0 Å². The van der Waals surface area contributed by atoms with Gasteiger partial charge in [-0.3, -0.25) is 0 Å². The van der Waals surface area contributed by atoms with E-state index < -0.39 is 27.6 Å². The summed E-state index contributed by atoms with van der Waals surface area (Å²) in [6.07, 6.45) is -3.68. The number of halogens is 4. The van der Waals surface area contributed by atoms with E-state index in [4.69, 9.17) is 5.14 Å². The standard InChI is InChI=1S/C20H13F4N3O2S/c21-15-6-1-13(2-7-15)19-18(12-3-8-16(9-4-12)30(25,28)29)17-10-5-14(20(22,23)24)11-27(17)26-19/h1-11H,(H2,25,28,29). The highest BCUT2D eigenvalue weighted by molar-refractivity contribution is 7.89. The number of rotatable bonds is 3. The van der Waals surface area contributed by atoms with Crippen molar-refractivity contribution < 1.29 is 26.0 Å². The highest BCUT2D eigenvalue weighted by Gasteiger charge is 2.31. The third-order valence-corrected chi connectivity index (χ3v) is 5.48. The summed E-state index contributed by atoms with van der Waals surface area (Å²) in [5, 5.41) is 9.41. The number of hydrogen-bond donors (Lipinski definition) is 1. The number of primary sulfonamides is 1. The number of nitrogens with two attached hydrogens (primary N) is 1. The van der Waals surface area contributed by atoms with E-state index in [0.717, 1.165) is 16.8 Å². The van der Waals surface area contributed by atoms with Gasteiger partial charge in [0, 0.05) is 17.3 Å². The number of sulfonamides is 1. The van der Waals surface area contributed by atoms with Crippen molar-refractivity contribution >= 4 is 15.5 Å². The van der Waals surface area contributed by atoms with Crippen molar-refractivity contribution in [3.8, 4) is 22.4 Å². The Morgan fingerprint density at radius 1 is 0.867 bits per heavy atom. The molecule has 30 heavy (non-hydrogen) atoms. The molecule has 10 heteroatoms. The number of aromatic nitrogens is 2. The zero-order chi connectivity index (χ0) is 21.7. The summed E-state index contributed by atoms with van der Waals surface area (Å²) in [4.78, 5) is -0.106. The van der Waals surface area contributed by atoms with Crippen LogP contribution in [0.2, 0.25) is 0 Å². The van der Waals surface area contributed by atoms with Crippen LogP contribution in [-0.2, 0) is 16.2 Å². The van der Waals surface area contributed by atoms with E-state index in [1.54, 1.807) is 0 Å². The molecule has 0 atom stereocenters. The molecular weight excluding hydrogens is 422 g/mol. The van der Waals surface area contributed by atoms with Crippen LogP contribution in [0.3, 0.4) is 0 Å². The van der Waals surface area contributed by atoms with Crippen molar-refractivity contribution in [2.75, 3.05) is 0 Å². The molecule has 0 saturated carbocycles. The highest BCUT2D eigenvalue weighted by Crippen LogP contribution is 2.37. The summed E-state index contributed by atoms with van der Waals surface area (Å²) >= 11 is 0. The zero-order valence-electron chi connectivity index (χ0n) is 15.1. The lowest BCUT2D eigenvalue weighted by Gasteiger charge is -2.07. The predicted molar refractivity (Wildman–Crippen MR) is 102 cm³/mol. The van der Waals surface area contributed by atoms with Gasteiger partial charge in [-0.1, -0.05) is 12.1 Å². The first-order valence-corrected chi connectivity index (χ1v) is 10.1. The number of hydrogen-bond acceptors (Lipinski definition) is 3. The molecule has 0 saturated heterocycles. The minimum atomic E-state index is -4.55. The number of nitrogens with zero attached hydrogens (tertiary/aromatic N) is 2. The van der Waals surface area contributed by atoms with Gasteiger partial charge >= 0.3 is 6.18 Å². The molecule has 5 nitrogen and oxygen atoms in total. The zero-order valence-corrected chi connectivity index (χ0v) is 15.9. The van der Waals surface area contributed by atoms with Crippen molar-refractivity contribution in [1.29, 1.82) is 0 Å². The quantitative estimate of drug-likeness (QED) is 0.482.